The van der Waals surface area contributed by atoms with Crippen LogP contribution in [0.3, 0.4) is 0 Å². The summed E-state index contributed by atoms with van der Waals surface area (Å²) >= 11 is 6.41. The Labute approximate surface area is 95.4 Å². The van der Waals surface area contributed by atoms with Gasteiger partial charge in [-0.05, 0) is 38.0 Å². The van der Waals surface area contributed by atoms with E-state index in [0.717, 1.165) is 11.8 Å². The maximum absolute atomic E-state index is 6.41. The van der Waals surface area contributed by atoms with Gasteiger partial charge in [0.15, 0.2) is 0 Å². The van der Waals surface area contributed by atoms with Crippen molar-refractivity contribution in [1.82, 2.24) is 0 Å². The topological polar surface area (TPSA) is 0 Å². The molecule has 0 aromatic rings. The zero-order chi connectivity index (χ0) is 11.4. The summed E-state index contributed by atoms with van der Waals surface area (Å²) in [5, 5.41) is 0. The summed E-state index contributed by atoms with van der Waals surface area (Å²) in [5.74, 6) is 2.27. The van der Waals surface area contributed by atoms with E-state index in [-0.39, 0.29) is 4.87 Å². The average Bonchev–Trinajstić information content (AvgIpc) is 2.03. The quantitative estimate of drug-likeness (QED) is 0.544. The van der Waals surface area contributed by atoms with E-state index < -0.39 is 0 Å². The van der Waals surface area contributed by atoms with Crippen molar-refractivity contribution >= 4 is 11.6 Å². The predicted octanol–water partition coefficient (Wildman–Crippen LogP) is 5.10. The van der Waals surface area contributed by atoms with Crippen LogP contribution >= 0.6 is 11.6 Å². The minimum atomic E-state index is -0.0446. The van der Waals surface area contributed by atoms with Gasteiger partial charge in [0.05, 0.1) is 0 Å². The third kappa shape index (κ3) is 4.68. The van der Waals surface area contributed by atoms with E-state index in [9.17, 15) is 0 Å². The second-order valence-electron chi connectivity index (χ2n) is 5.32. The minimum absolute atomic E-state index is 0.0446. The third-order valence-electron chi connectivity index (χ3n) is 3.52. The van der Waals surface area contributed by atoms with Crippen LogP contribution in [0.2, 0.25) is 0 Å². The first kappa shape index (κ1) is 14.3. The van der Waals surface area contributed by atoms with Crippen molar-refractivity contribution < 1.29 is 0 Å². The van der Waals surface area contributed by atoms with Gasteiger partial charge < -0.3 is 0 Å². The molecule has 2 unspecified atom stereocenters. The lowest BCUT2D eigenvalue weighted by Gasteiger charge is -2.32. The van der Waals surface area contributed by atoms with Crippen molar-refractivity contribution in [3.63, 3.8) is 0 Å². The summed E-state index contributed by atoms with van der Waals surface area (Å²) in [6, 6.07) is 0. The number of hydrogen-bond acceptors (Lipinski definition) is 0. The molecule has 0 spiro atoms. The molecule has 14 heavy (non-hydrogen) atoms. The van der Waals surface area contributed by atoms with Crippen molar-refractivity contribution in [3.05, 3.63) is 0 Å². The molecule has 2 atom stereocenters. The Hall–Kier alpha value is 0.290. The maximum Gasteiger partial charge on any atom is 0.0418 e. The zero-order valence-electron chi connectivity index (χ0n) is 10.7. The van der Waals surface area contributed by atoms with Crippen LogP contribution in [0.25, 0.3) is 0 Å². The smallest absolute Gasteiger partial charge is 0.0418 e. The van der Waals surface area contributed by atoms with Crippen LogP contribution in [0.1, 0.15) is 60.8 Å². The molecule has 0 aliphatic heterocycles. The Morgan fingerprint density at radius 3 is 1.79 bits per heavy atom. The van der Waals surface area contributed by atoms with Gasteiger partial charge in [0, 0.05) is 4.87 Å². The number of halogens is 1. The Balaban J connectivity index is 4.29. The van der Waals surface area contributed by atoms with Gasteiger partial charge in [-0.15, -0.1) is 11.6 Å². The standard InChI is InChI=1S/C13H27Cl/c1-7-11(10(3)4)9-12(8-2)13(5,6)14/h10-12H,7-9H2,1-6H3. The van der Waals surface area contributed by atoms with Crippen LogP contribution in [0, 0.1) is 17.8 Å². The zero-order valence-corrected chi connectivity index (χ0v) is 11.5. The third-order valence-corrected chi connectivity index (χ3v) is 3.83. The number of alkyl halides is 1. The maximum atomic E-state index is 6.41. The monoisotopic (exact) mass is 218 g/mol. The molecule has 86 valence electrons. The largest absolute Gasteiger partial charge is 0.120 e. The van der Waals surface area contributed by atoms with Crippen LogP contribution in [0.5, 0.6) is 0 Å². The molecule has 0 aliphatic rings. The second-order valence-corrected chi connectivity index (χ2v) is 6.29. The highest BCUT2D eigenvalue weighted by atomic mass is 35.5. The van der Waals surface area contributed by atoms with Crippen LogP contribution in [0.4, 0.5) is 0 Å². The molecule has 0 fully saturated rings. The lowest BCUT2D eigenvalue weighted by Crippen LogP contribution is -2.27. The molecular weight excluding hydrogens is 192 g/mol. The minimum Gasteiger partial charge on any atom is -0.120 e. The van der Waals surface area contributed by atoms with Gasteiger partial charge >= 0.3 is 0 Å². The summed E-state index contributed by atoms with van der Waals surface area (Å²) in [6.07, 6.45) is 3.75. The molecule has 0 saturated carbocycles. The SMILES string of the molecule is CCC(CC(CC)C(C)(C)Cl)C(C)C. The number of hydrogen-bond donors (Lipinski definition) is 0. The average molecular weight is 219 g/mol. The number of rotatable bonds is 6. The summed E-state index contributed by atoms with van der Waals surface area (Å²) in [7, 11) is 0. The lowest BCUT2D eigenvalue weighted by molar-refractivity contribution is 0.252. The summed E-state index contributed by atoms with van der Waals surface area (Å²) in [6.45, 7) is 13.5. The fraction of sp³-hybridized carbons (Fsp3) is 1.00. The second kappa shape index (κ2) is 6.00. The van der Waals surface area contributed by atoms with Gasteiger partial charge in [-0.1, -0.05) is 40.5 Å². The van der Waals surface area contributed by atoms with Gasteiger partial charge in [0.25, 0.3) is 0 Å². The molecule has 0 saturated heterocycles. The predicted molar refractivity (Wildman–Crippen MR) is 66.9 cm³/mol. The van der Waals surface area contributed by atoms with E-state index in [2.05, 4.69) is 41.5 Å². The first-order valence-corrected chi connectivity index (χ1v) is 6.39. The Morgan fingerprint density at radius 1 is 1.07 bits per heavy atom. The van der Waals surface area contributed by atoms with Gasteiger partial charge in [0.2, 0.25) is 0 Å². The Morgan fingerprint density at radius 2 is 1.57 bits per heavy atom. The van der Waals surface area contributed by atoms with E-state index >= 15 is 0 Å². The molecule has 0 heterocycles. The highest BCUT2D eigenvalue weighted by Crippen LogP contribution is 2.35. The first-order valence-electron chi connectivity index (χ1n) is 6.01. The van der Waals surface area contributed by atoms with Crippen LogP contribution in [-0.4, -0.2) is 4.87 Å². The summed E-state index contributed by atoms with van der Waals surface area (Å²) in [4.78, 5) is -0.0446. The van der Waals surface area contributed by atoms with Crippen molar-refractivity contribution in [2.75, 3.05) is 0 Å². The van der Waals surface area contributed by atoms with E-state index in [1.807, 2.05) is 0 Å². The normalized spacial score (nSPS) is 17.1. The van der Waals surface area contributed by atoms with E-state index in [1.165, 1.54) is 19.3 Å². The molecule has 0 bridgehead atoms. The van der Waals surface area contributed by atoms with Crippen molar-refractivity contribution in [2.24, 2.45) is 17.8 Å². The molecule has 0 nitrogen and oxygen atoms in total. The first-order chi connectivity index (χ1) is 6.32. The van der Waals surface area contributed by atoms with Crippen molar-refractivity contribution in [3.8, 4) is 0 Å². The summed E-state index contributed by atoms with van der Waals surface area (Å²) < 4.78 is 0. The van der Waals surface area contributed by atoms with Crippen molar-refractivity contribution in [1.29, 1.82) is 0 Å². The molecule has 0 rings (SSSR count). The molecule has 0 aromatic heterocycles. The molecule has 0 aromatic carbocycles. The Bertz CT molecular complexity index is 144. The van der Waals surface area contributed by atoms with Crippen LogP contribution < -0.4 is 0 Å². The molecule has 0 N–H and O–H groups in total. The van der Waals surface area contributed by atoms with E-state index in [4.69, 9.17) is 11.6 Å². The highest BCUT2D eigenvalue weighted by molar-refractivity contribution is 6.23. The molecular formula is C13H27Cl. The molecule has 0 radical (unpaired) electrons. The van der Waals surface area contributed by atoms with E-state index in [1.54, 1.807) is 0 Å². The summed E-state index contributed by atoms with van der Waals surface area (Å²) in [5.41, 5.74) is 0. The fourth-order valence-corrected chi connectivity index (χ4v) is 2.45. The van der Waals surface area contributed by atoms with Gasteiger partial charge in [-0.25, -0.2) is 0 Å². The Kier molecular flexibility index (Phi) is 6.12. The molecule has 1 heteroatoms. The molecule has 0 amide bonds. The molecule has 0 aliphatic carbocycles. The van der Waals surface area contributed by atoms with Gasteiger partial charge in [-0.3, -0.25) is 0 Å². The van der Waals surface area contributed by atoms with Crippen molar-refractivity contribution in [2.45, 2.75) is 65.7 Å². The highest BCUT2D eigenvalue weighted by Gasteiger charge is 2.28. The van der Waals surface area contributed by atoms with Crippen LogP contribution in [-0.2, 0) is 0 Å². The lowest BCUT2D eigenvalue weighted by atomic mass is 9.79. The fourth-order valence-electron chi connectivity index (χ4n) is 2.21. The van der Waals surface area contributed by atoms with E-state index in [0.29, 0.717) is 5.92 Å². The van der Waals surface area contributed by atoms with Crippen LogP contribution in [0.15, 0.2) is 0 Å². The van der Waals surface area contributed by atoms with Gasteiger partial charge in [-0.2, -0.15) is 0 Å². The van der Waals surface area contributed by atoms with Gasteiger partial charge in [0.1, 0.15) is 0 Å².